The van der Waals surface area contributed by atoms with Crippen molar-refractivity contribution in [3.05, 3.63) is 29.3 Å². The molecule has 1 rings (SSSR count). The van der Waals surface area contributed by atoms with E-state index in [1.54, 1.807) is 0 Å². The first-order chi connectivity index (χ1) is 7.60. The SMILES string of the molecule is Cc1ccc(N(CCO)C(C)C)c(CO)c1. The smallest absolute Gasteiger partial charge is 0.0702 e. The first-order valence-corrected chi connectivity index (χ1v) is 5.68. The number of aliphatic hydroxyl groups is 2. The zero-order valence-corrected chi connectivity index (χ0v) is 10.3. The third-order valence-electron chi connectivity index (χ3n) is 2.68. The van der Waals surface area contributed by atoms with Crippen molar-refractivity contribution < 1.29 is 10.2 Å². The van der Waals surface area contributed by atoms with Crippen molar-refractivity contribution in [2.75, 3.05) is 18.1 Å². The van der Waals surface area contributed by atoms with Gasteiger partial charge in [-0.2, -0.15) is 0 Å². The largest absolute Gasteiger partial charge is 0.395 e. The minimum atomic E-state index is 0.0334. The van der Waals surface area contributed by atoms with E-state index in [2.05, 4.69) is 18.7 Å². The van der Waals surface area contributed by atoms with E-state index in [-0.39, 0.29) is 13.2 Å². The van der Waals surface area contributed by atoms with Crippen LogP contribution in [0.1, 0.15) is 25.0 Å². The van der Waals surface area contributed by atoms with Crippen LogP contribution in [0.5, 0.6) is 0 Å². The number of benzene rings is 1. The van der Waals surface area contributed by atoms with Crippen LogP contribution in [0, 0.1) is 6.92 Å². The molecule has 1 aromatic carbocycles. The van der Waals surface area contributed by atoms with E-state index in [1.165, 1.54) is 0 Å². The summed E-state index contributed by atoms with van der Waals surface area (Å²) in [6.45, 7) is 6.92. The molecular weight excluding hydrogens is 202 g/mol. The van der Waals surface area contributed by atoms with Crippen molar-refractivity contribution in [1.82, 2.24) is 0 Å². The molecule has 2 N–H and O–H groups in total. The van der Waals surface area contributed by atoms with Crippen LogP contribution < -0.4 is 4.90 Å². The maximum atomic E-state index is 9.35. The van der Waals surface area contributed by atoms with Gasteiger partial charge in [-0.15, -0.1) is 0 Å². The molecule has 16 heavy (non-hydrogen) atoms. The lowest BCUT2D eigenvalue weighted by atomic mass is 10.1. The summed E-state index contributed by atoms with van der Waals surface area (Å²) >= 11 is 0. The van der Waals surface area contributed by atoms with E-state index in [4.69, 9.17) is 5.11 Å². The fourth-order valence-electron chi connectivity index (χ4n) is 1.89. The quantitative estimate of drug-likeness (QED) is 0.798. The summed E-state index contributed by atoms with van der Waals surface area (Å²) in [4.78, 5) is 2.10. The summed E-state index contributed by atoms with van der Waals surface area (Å²) in [6.07, 6.45) is 0. The van der Waals surface area contributed by atoms with E-state index in [9.17, 15) is 5.11 Å². The summed E-state index contributed by atoms with van der Waals surface area (Å²) in [5, 5.41) is 18.4. The van der Waals surface area contributed by atoms with E-state index in [0.717, 1.165) is 16.8 Å². The second-order valence-corrected chi connectivity index (χ2v) is 4.30. The molecule has 0 aliphatic rings. The first-order valence-electron chi connectivity index (χ1n) is 5.68. The molecule has 1 aromatic rings. The molecule has 0 amide bonds. The number of hydrogen-bond donors (Lipinski definition) is 2. The fraction of sp³-hybridized carbons (Fsp3) is 0.538. The molecule has 0 spiro atoms. The number of aliphatic hydroxyl groups excluding tert-OH is 2. The molecule has 0 aliphatic carbocycles. The molecule has 0 aliphatic heterocycles. The van der Waals surface area contributed by atoms with E-state index >= 15 is 0 Å². The predicted molar refractivity (Wildman–Crippen MR) is 66.7 cm³/mol. The Hall–Kier alpha value is -1.06. The number of hydrogen-bond acceptors (Lipinski definition) is 3. The molecule has 3 nitrogen and oxygen atoms in total. The van der Waals surface area contributed by atoms with Crippen molar-refractivity contribution in [1.29, 1.82) is 0 Å². The standard InChI is InChI=1S/C13H21NO2/c1-10(2)14(6-7-15)13-5-4-11(3)8-12(13)9-16/h4-5,8,10,15-16H,6-7,9H2,1-3H3. The van der Waals surface area contributed by atoms with E-state index < -0.39 is 0 Å². The van der Waals surface area contributed by atoms with Gasteiger partial charge in [-0.25, -0.2) is 0 Å². The van der Waals surface area contributed by atoms with Gasteiger partial charge in [0.15, 0.2) is 0 Å². The van der Waals surface area contributed by atoms with Gasteiger partial charge < -0.3 is 15.1 Å². The summed E-state index contributed by atoms with van der Waals surface area (Å²) < 4.78 is 0. The second-order valence-electron chi connectivity index (χ2n) is 4.30. The Bertz CT molecular complexity index is 337. The van der Waals surface area contributed by atoms with Gasteiger partial charge in [-0.3, -0.25) is 0 Å². The molecule has 0 saturated carbocycles. The molecule has 0 saturated heterocycles. The molecule has 0 fully saturated rings. The highest BCUT2D eigenvalue weighted by Gasteiger charge is 2.13. The minimum Gasteiger partial charge on any atom is -0.395 e. The van der Waals surface area contributed by atoms with Gasteiger partial charge in [-0.1, -0.05) is 17.7 Å². The van der Waals surface area contributed by atoms with Gasteiger partial charge in [0.1, 0.15) is 0 Å². The van der Waals surface area contributed by atoms with Gasteiger partial charge in [-0.05, 0) is 26.8 Å². The summed E-state index contributed by atoms with van der Waals surface area (Å²) in [6, 6.07) is 6.33. The molecule has 0 bridgehead atoms. The highest BCUT2D eigenvalue weighted by atomic mass is 16.3. The minimum absolute atomic E-state index is 0.0334. The Morgan fingerprint density at radius 3 is 2.44 bits per heavy atom. The van der Waals surface area contributed by atoms with Crippen molar-refractivity contribution >= 4 is 5.69 Å². The van der Waals surface area contributed by atoms with Crippen LogP contribution in [-0.2, 0) is 6.61 Å². The maximum absolute atomic E-state index is 9.35. The van der Waals surface area contributed by atoms with Gasteiger partial charge in [0.2, 0.25) is 0 Å². The fourth-order valence-corrected chi connectivity index (χ4v) is 1.89. The highest BCUT2D eigenvalue weighted by molar-refractivity contribution is 5.55. The Morgan fingerprint density at radius 2 is 1.94 bits per heavy atom. The second kappa shape index (κ2) is 5.87. The van der Waals surface area contributed by atoms with Crippen LogP contribution in [0.3, 0.4) is 0 Å². The van der Waals surface area contributed by atoms with Crippen LogP contribution >= 0.6 is 0 Å². The number of rotatable bonds is 5. The Morgan fingerprint density at radius 1 is 1.25 bits per heavy atom. The van der Waals surface area contributed by atoms with Crippen molar-refractivity contribution in [3.63, 3.8) is 0 Å². The van der Waals surface area contributed by atoms with Gasteiger partial charge in [0.25, 0.3) is 0 Å². The summed E-state index contributed by atoms with van der Waals surface area (Å²) in [5.41, 5.74) is 3.07. The Balaban J connectivity index is 3.07. The van der Waals surface area contributed by atoms with Crippen molar-refractivity contribution in [3.8, 4) is 0 Å². The third kappa shape index (κ3) is 2.97. The summed E-state index contributed by atoms with van der Waals surface area (Å²) in [7, 11) is 0. The van der Waals surface area contributed by atoms with Crippen LogP contribution in [0.4, 0.5) is 5.69 Å². The maximum Gasteiger partial charge on any atom is 0.0702 e. The zero-order chi connectivity index (χ0) is 12.1. The predicted octanol–water partition coefficient (Wildman–Crippen LogP) is 1.69. The van der Waals surface area contributed by atoms with Gasteiger partial charge in [0, 0.05) is 23.8 Å². The van der Waals surface area contributed by atoms with Crippen LogP contribution in [0.15, 0.2) is 18.2 Å². The molecule has 0 radical (unpaired) electrons. The Kier molecular flexibility index (Phi) is 4.77. The van der Waals surface area contributed by atoms with Crippen molar-refractivity contribution in [2.24, 2.45) is 0 Å². The van der Waals surface area contributed by atoms with Crippen molar-refractivity contribution in [2.45, 2.75) is 33.4 Å². The lowest BCUT2D eigenvalue weighted by Crippen LogP contribution is -2.34. The van der Waals surface area contributed by atoms with Crippen LogP contribution in [0.25, 0.3) is 0 Å². The highest BCUT2D eigenvalue weighted by Crippen LogP contribution is 2.23. The first kappa shape index (κ1) is 13.0. The van der Waals surface area contributed by atoms with Crippen LogP contribution in [-0.4, -0.2) is 29.4 Å². The molecule has 0 heterocycles. The van der Waals surface area contributed by atoms with E-state index in [0.29, 0.717) is 12.6 Å². The average Bonchev–Trinajstić information content (AvgIpc) is 2.26. The normalized spacial score (nSPS) is 10.9. The number of aryl methyl sites for hydroxylation is 1. The topological polar surface area (TPSA) is 43.7 Å². The number of nitrogens with zero attached hydrogens (tertiary/aromatic N) is 1. The molecule has 3 heteroatoms. The van der Waals surface area contributed by atoms with Gasteiger partial charge in [0.05, 0.1) is 13.2 Å². The monoisotopic (exact) mass is 223 g/mol. The lowest BCUT2D eigenvalue weighted by molar-refractivity contribution is 0.280. The molecule has 90 valence electrons. The van der Waals surface area contributed by atoms with Gasteiger partial charge >= 0.3 is 0 Å². The molecule has 0 unspecified atom stereocenters. The lowest BCUT2D eigenvalue weighted by Gasteiger charge is -2.30. The molecule has 0 aromatic heterocycles. The zero-order valence-electron chi connectivity index (χ0n) is 10.3. The number of anilines is 1. The Labute approximate surface area is 97.3 Å². The summed E-state index contributed by atoms with van der Waals surface area (Å²) in [5.74, 6) is 0. The van der Waals surface area contributed by atoms with Crippen LogP contribution in [0.2, 0.25) is 0 Å². The third-order valence-corrected chi connectivity index (χ3v) is 2.68. The molecule has 0 atom stereocenters. The van der Waals surface area contributed by atoms with E-state index in [1.807, 2.05) is 25.1 Å². The molecular formula is C13H21NO2. The average molecular weight is 223 g/mol.